The van der Waals surface area contributed by atoms with E-state index in [0.717, 1.165) is 0 Å². The summed E-state index contributed by atoms with van der Waals surface area (Å²) in [6, 6.07) is -2.55. The van der Waals surface area contributed by atoms with Gasteiger partial charge in [0.25, 0.3) is 0 Å². The van der Waals surface area contributed by atoms with E-state index in [0.29, 0.717) is 38.8 Å². The van der Waals surface area contributed by atoms with Crippen LogP contribution in [-0.2, 0) is 28.8 Å². The number of hydrogen-bond acceptors (Lipinski definition) is 7. The lowest BCUT2D eigenvalue weighted by atomic mass is 10.2. The highest BCUT2D eigenvalue weighted by Crippen LogP contribution is 2.18. The minimum atomic E-state index is -1.18. The molecule has 0 bridgehead atoms. The molecule has 0 radical (unpaired) electrons. The van der Waals surface area contributed by atoms with Gasteiger partial charge in [-0.1, -0.05) is 0 Å². The molecule has 2 saturated heterocycles. The molecule has 2 aliphatic heterocycles. The normalized spacial score (nSPS) is 21.1. The van der Waals surface area contributed by atoms with E-state index in [1.54, 1.807) is 0 Å². The minimum absolute atomic E-state index is 0.197. The summed E-state index contributed by atoms with van der Waals surface area (Å²) in [5.41, 5.74) is 5.35. The van der Waals surface area contributed by atoms with Gasteiger partial charge in [-0.25, -0.2) is 0 Å². The summed E-state index contributed by atoms with van der Waals surface area (Å²) in [6.07, 6.45) is 2.12. The first-order valence-electron chi connectivity index (χ1n) is 10.5. The number of likely N-dealkylation sites (tertiary alicyclic amines) is 2. The largest absolute Gasteiger partial charge is 0.480 e. The molecular formula is C19H30N6O7. The molecule has 2 rings (SSSR count). The molecule has 13 heteroatoms. The van der Waals surface area contributed by atoms with E-state index in [9.17, 15) is 28.8 Å². The maximum Gasteiger partial charge on any atom is 0.325 e. The third-order valence-corrected chi connectivity index (χ3v) is 5.52. The fourth-order valence-corrected chi connectivity index (χ4v) is 3.79. The van der Waals surface area contributed by atoms with Crippen LogP contribution < -0.4 is 21.7 Å². The molecule has 2 heterocycles. The lowest BCUT2D eigenvalue weighted by Crippen LogP contribution is -2.52. The predicted octanol–water partition coefficient (Wildman–Crippen LogP) is -3.25. The van der Waals surface area contributed by atoms with Crippen molar-refractivity contribution in [3.8, 4) is 0 Å². The van der Waals surface area contributed by atoms with Gasteiger partial charge in [-0.2, -0.15) is 0 Å². The average molecular weight is 454 g/mol. The van der Waals surface area contributed by atoms with Crippen LogP contribution in [0.1, 0.15) is 32.6 Å². The number of hydrogen-bond donors (Lipinski definition) is 5. The van der Waals surface area contributed by atoms with Crippen LogP contribution in [0, 0.1) is 0 Å². The zero-order chi connectivity index (χ0) is 23.8. The number of nitrogens with zero attached hydrogens (tertiary/aromatic N) is 2. The Hall–Kier alpha value is -3.22. The molecule has 3 atom stereocenters. The highest BCUT2D eigenvalue weighted by atomic mass is 16.4. The van der Waals surface area contributed by atoms with Crippen LogP contribution in [0.2, 0.25) is 0 Å². The fourth-order valence-electron chi connectivity index (χ4n) is 3.79. The van der Waals surface area contributed by atoms with Gasteiger partial charge in [-0.05, 0) is 32.6 Å². The molecule has 0 unspecified atom stereocenters. The summed E-state index contributed by atoms with van der Waals surface area (Å²) in [5.74, 6) is -3.62. The lowest BCUT2D eigenvalue weighted by molar-refractivity contribution is -0.143. The molecule has 0 aromatic rings. The Kier molecular flexibility index (Phi) is 8.93. The molecule has 5 amide bonds. The van der Waals surface area contributed by atoms with Gasteiger partial charge in [0.1, 0.15) is 18.1 Å². The van der Waals surface area contributed by atoms with Gasteiger partial charge in [-0.15, -0.1) is 0 Å². The predicted molar refractivity (Wildman–Crippen MR) is 110 cm³/mol. The molecule has 0 aliphatic carbocycles. The Morgan fingerprint density at radius 2 is 1.47 bits per heavy atom. The number of aliphatic carboxylic acids is 1. The second-order valence-electron chi connectivity index (χ2n) is 7.76. The summed E-state index contributed by atoms with van der Waals surface area (Å²) in [7, 11) is 0. The first-order valence-corrected chi connectivity index (χ1v) is 10.5. The van der Waals surface area contributed by atoms with Crippen molar-refractivity contribution in [3.63, 3.8) is 0 Å². The molecular weight excluding hydrogens is 424 g/mol. The van der Waals surface area contributed by atoms with E-state index in [2.05, 4.69) is 16.0 Å². The van der Waals surface area contributed by atoms with Crippen molar-refractivity contribution in [3.05, 3.63) is 0 Å². The molecule has 0 aromatic heterocycles. The highest BCUT2D eigenvalue weighted by Gasteiger charge is 2.35. The SMILES string of the molecule is C[C@H](NC(=O)[C@@H]1CCCN1C(=O)CNC(=O)CNC(=O)[C@@H]1CCCN1C(=O)CN)C(=O)O. The highest BCUT2D eigenvalue weighted by molar-refractivity contribution is 5.94. The van der Waals surface area contributed by atoms with Crippen molar-refractivity contribution in [2.45, 2.75) is 50.7 Å². The van der Waals surface area contributed by atoms with Crippen LogP contribution in [0.3, 0.4) is 0 Å². The Morgan fingerprint density at radius 3 is 2.03 bits per heavy atom. The van der Waals surface area contributed by atoms with Gasteiger partial charge in [0.15, 0.2) is 0 Å². The first-order chi connectivity index (χ1) is 15.1. The minimum Gasteiger partial charge on any atom is -0.480 e. The summed E-state index contributed by atoms with van der Waals surface area (Å²) >= 11 is 0. The Bertz CT molecular complexity index is 773. The van der Waals surface area contributed by atoms with Gasteiger partial charge in [-0.3, -0.25) is 28.8 Å². The molecule has 2 fully saturated rings. The van der Waals surface area contributed by atoms with Crippen molar-refractivity contribution in [2.75, 3.05) is 32.7 Å². The van der Waals surface area contributed by atoms with E-state index in [-0.39, 0.29) is 25.5 Å². The third kappa shape index (κ3) is 6.39. The topological polar surface area (TPSA) is 191 Å². The number of amides is 5. The van der Waals surface area contributed by atoms with Crippen molar-refractivity contribution < 1.29 is 33.9 Å². The molecule has 0 aromatic carbocycles. The first kappa shape index (κ1) is 25.0. The van der Waals surface area contributed by atoms with Gasteiger partial charge in [0.2, 0.25) is 29.5 Å². The van der Waals surface area contributed by atoms with Crippen LogP contribution in [0.15, 0.2) is 0 Å². The van der Waals surface area contributed by atoms with Crippen LogP contribution in [0.25, 0.3) is 0 Å². The second-order valence-corrected chi connectivity index (χ2v) is 7.76. The van der Waals surface area contributed by atoms with E-state index >= 15 is 0 Å². The molecule has 0 spiro atoms. The number of carbonyl (C=O) groups excluding carboxylic acids is 5. The summed E-state index contributed by atoms with van der Waals surface area (Å²) in [6.45, 7) is 1.15. The van der Waals surface area contributed by atoms with Crippen molar-refractivity contribution in [2.24, 2.45) is 5.73 Å². The van der Waals surface area contributed by atoms with Gasteiger partial charge < -0.3 is 36.6 Å². The quantitative estimate of drug-likeness (QED) is 0.240. The standard InChI is InChI=1S/C19H30N6O7/c1-11(19(31)32)23-18(30)13-5-3-7-25(13)16(28)10-21-14(26)9-22-17(29)12-4-2-6-24(12)15(27)8-20/h11-13H,2-10,20H2,1H3,(H,21,26)(H,22,29)(H,23,30)(H,31,32)/t11-,12-,13-/m0/s1. The van der Waals surface area contributed by atoms with Crippen LogP contribution in [-0.4, -0.2) is 101 Å². The number of nitrogens with one attached hydrogen (secondary N) is 3. The molecule has 32 heavy (non-hydrogen) atoms. The molecule has 6 N–H and O–H groups in total. The van der Waals surface area contributed by atoms with E-state index in [4.69, 9.17) is 10.8 Å². The maximum absolute atomic E-state index is 12.5. The molecule has 2 aliphatic rings. The molecule has 178 valence electrons. The maximum atomic E-state index is 12.5. The van der Waals surface area contributed by atoms with E-state index < -0.39 is 47.7 Å². The van der Waals surface area contributed by atoms with Crippen LogP contribution in [0.5, 0.6) is 0 Å². The Labute approximate surface area is 185 Å². The number of rotatable bonds is 9. The van der Waals surface area contributed by atoms with E-state index in [1.807, 2.05) is 0 Å². The van der Waals surface area contributed by atoms with Crippen molar-refractivity contribution in [1.82, 2.24) is 25.8 Å². The average Bonchev–Trinajstić information content (AvgIpc) is 3.44. The Balaban J connectivity index is 1.78. The van der Waals surface area contributed by atoms with Gasteiger partial charge >= 0.3 is 5.97 Å². The fraction of sp³-hybridized carbons (Fsp3) is 0.684. The monoisotopic (exact) mass is 454 g/mol. The van der Waals surface area contributed by atoms with Crippen molar-refractivity contribution >= 4 is 35.5 Å². The van der Waals surface area contributed by atoms with E-state index in [1.165, 1.54) is 16.7 Å². The van der Waals surface area contributed by atoms with Crippen molar-refractivity contribution in [1.29, 1.82) is 0 Å². The number of carboxylic acid groups (broad SMARTS) is 1. The smallest absolute Gasteiger partial charge is 0.325 e. The van der Waals surface area contributed by atoms with Gasteiger partial charge in [0.05, 0.1) is 19.6 Å². The Morgan fingerprint density at radius 1 is 0.906 bits per heavy atom. The van der Waals surface area contributed by atoms with Crippen LogP contribution >= 0.6 is 0 Å². The zero-order valence-electron chi connectivity index (χ0n) is 18.0. The van der Waals surface area contributed by atoms with Gasteiger partial charge in [0, 0.05) is 13.1 Å². The summed E-state index contributed by atoms with van der Waals surface area (Å²) in [5, 5.41) is 16.1. The number of carbonyl (C=O) groups is 6. The molecule has 13 nitrogen and oxygen atoms in total. The summed E-state index contributed by atoms with van der Waals surface area (Å²) < 4.78 is 0. The second kappa shape index (κ2) is 11.4. The zero-order valence-corrected chi connectivity index (χ0v) is 18.0. The van der Waals surface area contributed by atoms with Crippen LogP contribution in [0.4, 0.5) is 0 Å². The number of nitrogens with two attached hydrogens (primary N) is 1. The molecule has 0 saturated carbocycles. The summed E-state index contributed by atoms with van der Waals surface area (Å²) in [4.78, 5) is 74.4. The lowest BCUT2D eigenvalue weighted by Gasteiger charge is -2.25. The third-order valence-electron chi connectivity index (χ3n) is 5.52. The number of carboxylic acids is 1.